The molecule has 2 N–H and O–H groups in total. The zero-order valence-electron chi connectivity index (χ0n) is 16.2. The molecule has 0 aromatic carbocycles. The van der Waals surface area contributed by atoms with Gasteiger partial charge in [-0.05, 0) is 37.8 Å². The number of rotatable bonds is 5. The number of aromatic nitrogens is 6. The molecule has 10 heteroatoms. The van der Waals surface area contributed by atoms with Crippen LogP contribution in [0.2, 0.25) is 0 Å². The monoisotopic (exact) mass is 402 g/mol. The van der Waals surface area contributed by atoms with Gasteiger partial charge in [-0.2, -0.15) is 10.4 Å². The van der Waals surface area contributed by atoms with Gasteiger partial charge in [0.05, 0.1) is 35.1 Å². The Kier molecular flexibility index (Phi) is 4.10. The van der Waals surface area contributed by atoms with Crippen LogP contribution in [0.25, 0.3) is 28.1 Å². The predicted molar refractivity (Wildman–Crippen MR) is 107 cm³/mol. The Hall–Kier alpha value is -4.00. The van der Waals surface area contributed by atoms with Gasteiger partial charge in [-0.3, -0.25) is 9.36 Å². The lowest BCUT2D eigenvalue weighted by Gasteiger charge is -2.13. The number of imidazole rings is 1. The van der Waals surface area contributed by atoms with Crippen LogP contribution >= 0.6 is 0 Å². The zero-order chi connectivity index (χ0) is 20.8. The smallest absolute Gasteiger partial charge is 0.328 e. The maximum atomic E-state index is 12.6. The van der Waals surface area contributed by atoms with Crippen molar-refractivity contribution in [2.24, 2.45) is 5.92 Å². The largest absolute Gasteiger partial charge is 0.354 e. The number of carbonyl (C=O) groups excluding carboxylic acids is 1. The van der Waals surface area contributed by atoms with Crippen molar-refractivity contribution in [2.75, 3.05) is 6.54 Å². The minimum absolute atomic E-state index is 0.222. The number of fused-ring (bicyclic) bond motifs is 2. The predicted octanol–water partition coefficient (Wildman–Crippen LogP) is 1.39. The lowest BCUT2D eigenvalue weighted by molar-refractivity contribution is -0.123. The van der Waals surface area contributed by atoms with Crippen molar-refractivity contribution in [1.82, 2.24) is 34.4 Å². The summed E-state index contributed by atoms with van der Waals surface area (Å²) >= 11 is 0. The molecule has 0 radical (unpaired) electrons. The lowest BCUT2D eigenvalue weighted by Crippen LogP contribution is -2.36. The summed E-state index contributed by atoms with van der Waals surface area (Å²) in [5, 5.41) is 16.4. The third-order valence-electron chi connectivity index (χ3n) is 5.38. The topological polar surface area (TPSA) is 134 Å². The molecule has 1 amide bonds. The van der Waals surface area contributed by atoms with E-state index < -0.39 is 11.7 Å². The minimum atomic E-state index is -0.721. The molecule has 0 aliphatic heterocycles. The van der Waals surface area contributed by atoms with Crippen molar-refractivity contribution in [1.29, 1.82) is 5.26 Å². The maximum Gasteiger partial charge on any atom is 0.328 e. The van der Waals surface area contributed by atoms with Gasteiger partial charge in [0.25, 0.3) is 0 Å². The fourth-order valence-electron chi connectivity index (χ4n) is 3.46. The first-order valence-electron chi connectivity index (χ1n) is 9.68. The van der Waals surface area contributed by atoms with E-state index in [4.69, 9.17) is 0 Å². The summed E-state index contributed by atoms with van der Waals surface area (Å²) in [5.41, 5.74) is 2.16. The van der Waals surface area contributed by atoms with Crippen molar-refractivity contribution in [3.05, 3.63) is 46.8 Å². The summed E-state index contributed by atoms with van der Waals surface area (Å²) in [7, 11) is 0. The number of nitrogens with one attached hydrogen (secondary N) is 2. The van der Waals surface area contributed by atoms with Crippen molar-refractivity contribution in [3.63, 3.8) is 0 Å². The van der Waals surface area contributed by atoms with E-state index in [0.717, 1.165) is 12.8 Å². The highest BCUT2D eigenvalue weighted by Crippen LogP contribution is 2.28. The molecular weight excluding hydrogens is 384 g/mol. The van der Waals surface area contributed by atoms with Crippen LogP contribution in [0.5, 0.6) is 0 Å². The molecule has 1 saturated carbocycles. The number of carbonyl (C=O) groups is 1. The first kappa shape index (κ1) is 18.1. The molecule has 1 aliphatic carbocycles. The Bertz CT molecular complexity index is 1390. The van der Waals surface area contributed by atoms with Crippen molar-refractivity contribution in [3.8, 4) is 17.5 Å². The number of nitrogens with zero attached hydrogens (tertiary/aromatic N) is 6. The molecule has 4 aromatic heterocycles. The van der Waals surface area contributed by atoms with Crippen LogP contribution in [0.4, 0.5) is 0 Å². The molecule has 150 valence electrons. The number of amides is 1. The van der Waals surface area contributed by atoms with Gasteiger partial charge in [0.15, 0.2) is 11.5 Å². The average molecular weight is 402 g/mol. The summed E-state index contributed by atoms with van der Waals surface area (Å²) in [4.78, 5) is 36.7. The fraction of sp³-hybridized carbons (Fsp3) is 0.300. The second-order valence-corrected chi connectivity index (χ2v) is 7.51. The van der Waals surface area contributed by atoms with E-state index in [1.54, 1.807) is 36.0 Å². The lowest BCUT2D eigenvalue weighted by atomic mass is 10.2. The number of pyridine rings is 1. The van der Waals surface area contributed by atoms with Gasteiger partial charge >= 0.3 is 5.69 Å². The van der Waals surface area contributed by atoms with Crippen LogP contribution in [-0.4, -0.2) is 41.6 Å². The molecule has 0 bridgehead atoms. The van der Waals surface area contributed by atoms with Crippen LogP contribution in [-0.2, 0) is 4.79 Å². The summed E-state index contributed by atoms with van der Waals surface area (Å²) in [5.74, 6) is 0.675. The Morgan fingerprint density at radius 2 is 2.27 bits per heavy atom. The molecule has 0 saturated heterocycles. The molecule has 0 spiro atoms. The van der Waals surface area contributed by atoms with Gasteiger partial charge < -0.3 is 10.3 Å². The average Bonchev–Trinajstić information content (AvgIpc) is 3.40. The van der Waals surface area contributed by atoms with E-state index in [1.165, 1.54) is 10.8 Å². The van der Waals surface area contributed by atoms with Crippen LogP contribution in [0.1, 0.15) is 31.4 Å². The third kappa shape index (κ3) is 3.00. The molecule has 10 nitrogen and oxygen atoms in total. The van der Waals surface area contributed by atoms with Gasteiger partial charge in [0, 0.05) is 12.7 Å². The molecule has 1 fully saturated rings. The van der Waals surface area contributed by atoms with Gasteiger partial charge in [0.1, 0.15) is 11.6 Å². The Labute approximate surface area is 170 Å². The second kappa shape index (κ2) is 6.81. The first-order chi connectivity index (χ1) is 14.5. The minimum Gasteiger partial charge on any atom is -0.354 e. The van der Waals surface area contributed by atoms with Gasteiger partial charge in [-0.25, -0.2) is 19.3 Å². The zero-order valence-corrected chi connectivity index (χ0v) is 16.2. The summed E-state index contributed by atoms with van der Waals surface area (Å²) < 4.78 is 2.97. The number of H-pyrrole nitrogens is 1. The molecule has 1 atom stereocenters. The second-order valence-electron chi connectivity index (χ2n) is 7.51. The molecular formula is C20H18N8O2. The molecule has 4 aromatic rings. The maximum absolute atomic E-state index is 12.6. The normalized spacial score (nSPS) is 14.7. The fourth-order valence-corrected chi connectivity index (χ4v) is 3.46. The standard InChI is InChI=1S/C20H18N8O2/c1-11(19(29)23-8-12-2-3-12)28-18-15(25-20(28)30)10-22-17(26-18)14-9-24-27-5-4-13(7-21)6-16(14)27/h4-6,9-12H,2-3,8H2,1H3,(H,23,29)(H,25,30). The summed E-state index contributed by atoms with van der Waals surface area (Å²) in [6.45, 7) is 2.30. The van der Waals surface area contributed by atoms with E-state index in [0.29, 0.717) is 46.1 Å². The highest BCUT2D eigenvalue weighted by atomic mass is 16.2. The van der Waals surface area contributed by atoms with Gasteiger partial charge in [0.2, 0.25) is 5.91 Å². The quantitative estimate of drug-likeness (QED) is 0.518. The van der Waals surface area contributed by atoms with E-state index in [1.807, 2.05) is 0 Å². The highest BCUT2D eigenvalue weighted by Gasteiger charge is 2.25. The van der Waals surface area contributed by atoms with Crippen LogP contribution in [0, 0.1) is 17.2 Å². The molecule has 1 aliphatic rings. The highest BCUT2D eigenvalue weighted by molar-refractivity contribution is 5.83. The third-order valence-corrected chi connectivity index (χ3v) is 5.38. The number of hydrogen-bond acceptors (Lipinski definition) is 6. The molecule has 1 unspecified atom stereocenters. The molecule has 30 heavy (non-hydrogen) atoms. The van der Waals surface area contributed by atoms with Crippen molar-refractivity contribution < 1.29 is 4.79 Å². The Balaban J connectivity index is 1.57. The Morgan fingerprint density at radius 3 is 3.03 bits per heavy atom. The van der Waals surface area contributed by atoms with E-state index in [-0.39, 0.29) is 5.91 Å². The van der Waals surface area contributed by atoms with Crippen LogP contribution < -0.4 is 11.0 Å². The Morgan fingerprint density at radius 1 is 1.43 bits per heavy atom. The van der Waals surface area contributed by atoms with Crippen LogP contribution in [0.15, 0.2) is 35.5 Å². The van der Waals surface area contributed by atoms with Gasteiger partial charge in [-0.15, -0.1) is 0 Å². The van der Waals surface area contributed by atoms with Crippen molar-refractivity contribution in [2.45, 2.75) is 25.8 Å². The summed E-state index contributed by atoms with van der Waals surface area (Å²) in [6, 6.07) is 4.75. The SMILES string of the molecule is CC(C(=O)NCC1CC1)n1c(=O)[nH]c2cnc(-c3cnn4ccc(C#N)cc34)nc21. The number of hydrogen-bond donors (Lipinski definition) is 2. The van der Waals surface area contributed by atoms with E-state index >= 15 is 0 Å². The van der Waals surface area contributed by atoms with E-state index in [2.05, 4.69) is 31.4 Å². The first-order valence-corrected chi connectivity index (χ1v) is 9.68. The summed E-state index contributed by atoms with van der Waals surface area (Å²) in [6.07, 6.45) is 7.08. The van der Waals surface area contributed by atoms with E-state index in [9.17, 15) is 14.9 Å². The van der Waals surface area contributed by atoms with Gasteiger partial charge in [-0.1, -0.05) is 0 Å². The van der Waals surface area contributed by atoms with Crippen molar-refractivity contribution >= 4 is 22.6 Å². The molecule has 4 heterocycles. The number of nitriles is 1. The van der Waals surface area contributed by atoms with Crippen LogP contribution in [0.3, 0.4) is 0 Å². The number of aromatic amines is 1. The molecule has 5 rings (SSSR count).